The van der Waals surface area contributed by atoms with Gasteiger partial charge in [-0.15, -0.1) is 0 Å². The van der Waals surface area contributed by atoms with Gasteiger partial charge in [-0.2, -0.15) is 0 Å². The molecule has 0 fully saturated rings. The first-order valence-electron chi connectivity index (χ1n) is 6.68. The number of hydrogen-bond donors (Lipinski definition) is 1. The molecule has 0 heterocycles. The van der Waals surface area contributed by atoms with E-state index in [9.17, 15) is 0 Å². The van der Waals surface area contributed by atoms with Gasteiger partial charge < -0.3 is 5.32 Å². The van der Waals surface area contributed by atoms with Gasteiger partial charge in [0.25, 0.3) is 0 Å². The Morgan fingerprint density at radius 3 is 2.26 bits per heavy atom. The molecule has 0 saturated heterocycles. The first-order valence-corrected chi connectivity index (χ1v) is 7.47. The Morgan fingerprint density at radius 1 is 1.00 bits per heavy atom. The third-order valence-electron chi connectivity index (χ3n) is 3.28. The quantitative estimate of drug-likeness (QED) is 0.856. The lowest BCUT2D eigenvalue weighted by Crippen LogP contribution is -2.22. The van der Waals surface area contributed by atoms with Crippen molar-refractivity contribution in [3.63, 3.8) is 0 Å². The molecule has 0 aromatic heterocycles. The lowest BCUT2D eigenvalue weighted by molar-refractivity contribution is 0.628. The largest absolute Gasteiger partial charge is 0.306 e. The van der Waals surface area contributed by atoms with Crippen LogP contribution in [-0.2, 0) is 0 Å². The molecule has 19 heavy (non-hydrogen) atoms. The highest BCUT2D eigenvalue weighted by molar-refractivity contribution is 9.10. The number of aryl methyl sites for hydroxylation is 2. The maximum absolute atomic E-state index is 3.67. The van der Waals surface area contributed by atoms with Crippen LogP contribution in [-0.4, -0.2) is 6.54 Å². The second-order valence-electron chi connectivity index (χ2n) is 4.93. The summed E-state index contributed by atoms with van der Waals surface area (Å²) in [5, 5.41) is 3.57. The van der Waals surface area contributed by atoms with Crippen molar-refractivity contribution in [1.82, 2.24) is 5.32 Å². The summed E-state index contributed by atoms with van der Waals surface area (Å²) in [5.41, 5.74) is 5.18. The second kappa shape index (κ2) is 6.36. The van der Waals surface area contributed by atoms with Crippen molar-refractivity contribution in [3.05, 3.63) is 69.2 Å². The topological polar surface area (TPSA) is 12.0 Å². The minimum Gasteiger partial charge on any atom is -0.306 e. The molecule has 0 amide bonds. The smallest absolute Gasteiger partial charge is 0.0587 e. The lowest BCUT2D eigenvalue weighted by atomic mass is 9.96. The molecule has 2 rings (SSSR count). The summed E-state index contributed by atoms with van der Waals surface area (Å²) in [6.45, 7) is 7.34. The summed E-state index contributed by atoms with van der Waals surface area (Å²) in [7, 11) is 0. The fraction of sp³-hybridized carbons (Fsp3) is 0.294. The van der Waals surface area contributed by atoms with Crippen molar-refractivity contribution in [2.75, 3.05) is 6.54 Å². The first kappa shape index (κ1) is 14.3. The molecule has 1 unspecified atom stereocenters. The molecule has 2 aromatic carbocycles. The van der Waals surface area contributed by atoms with Gasteiger partial charge in [0.05, 0.1) is 6.04 Å². The van der Waals surface area contributed by atoms with Crippen molar-refractivity contribution in [3.8, 4) is 0 Å². The molecule has 1 nitrogen and oxygen atoms in total. The molecule has 1 atom stereocenters. The summed E-state index contributed by atoms with van der Waals surface area (Å²) in [5.74, 6) is 0. The molecule has 0 aliphatic heterocycles. The van der Waals surface area contributed by atoms with Crippen LogP contribution in [0.2, 0.25) is 0 Å². The van der Waals surface area contributed by atoms with Crippen molar-refractivity contribution >= 4 is 15.9 Å². The second-order valence-corrected chi connectivity index (χ2v) is 5.78. The molecule has 1 N–H and O–H groups in total. The average Bonchev–Trinajstić information content (AvgIpc) is 2.40. The van der Waals surface area contributed by atoms with Crippen molar-refractivity contribution in [2.24, 2.45) is 0 Å². The van der Waals surface area contributed by atoms with Crippen LogP contribution in [0.3, 0.4) is 0 Å². The molecule has 0 spiro atoms. The van der Waals surface area contributed by atoms with Gasteiger partial charge in [-0.3, -0.25) is 0 Å². The van der Waals surface area contributed by atoms with Crippen LogP contribution in [0, 0.1) is 13.8 Å². The van der Waals surface area contributed by atoms with Crippen molar-refractivity contribution in [1.29, 1.82) is 0 Å². The number of hydrogen-bond acceptors (Lipinski definition) is 1. The molecule has 100 valence electrons. The SMILES string of the molecule is CCNC(c1ccc(C)cc1)c1cc(C)ccc1Br. The highest BCUT2D eigenvalue weighted by Gasteiger charge is 2.15. The van der Waals surface area contributed by atoms with Crippen LogP contribution in [0.4, 0.5) is 0 Å². The Bertz CT molecular complexity index is 546. The van der Waals surface area contributed by atoms with Gasteiger partial charge in [-0.1, -0.05) is 70.4 Å². The van der Waals surface area contributed by atoms with Gasteiger partial charge in [-0.25, -0.2) is 0 Å². The highest BCUT2D eigenvalue weighted by atomic mass is 79.9. The van der Waals surface area contributed by atoms with E-state index in [2.05, 4.69) is 84.5 Å². The summed E-state index contributed by atoms with van der Waals surface area (Å²) in [6.07, 6.45) is 0. The number of nitrogens with one attached hydrogen (secondary N) is 1. The fourth-order valence-corrected chi connectivity index (χ4v) is 2.73. The van der Waals surface area contributed by atoms with E-state index < -0.39 is 0 Å². The van der Waals surface area contributed by atoms with E-state index in [4.69, 9.17) is 0 Å². The summed E-state index contributed by atoms with van der Waals surface area (Å²) >= 11 is 3.67. The monoisotopic (exact) mass is 317 g/mol. The molecule has 0 saturated carbocycles. The number of rotatable bonds is 4. The van der Waals surface area contributed by atoms with Gasteiger partial charge in [0, 0.05) is 4.47 Å². The number of benzene rings is 2. The first-order chi connectivity index (χ1) is 9.11. The fourth-order valence-electron chi connectivity index (χ4n) is 2.25. The van der Waals surface area contributed by atoms with Gasteiger partial charge in [-0.05, 0) is 37.6 Å². The molecule has 0 aliphatic carbocycles. The Kier molecular flexibility index (Phi) is 4.78. The van der Waals surface area contributed by atoms with Gasteiger partial charge in [0.2, 0.25) is 0 Å². The molecule has 0 aliphatic rings. The van der Waals surface area contributed by atoms with E-state index >= 15 is 0 Å². The van der Waals surface area contributed by atoms with Gasteiger partial charge >= 0.3 is 0 Å². The predicted molar refractivity (Wildman–Crippen MR) is 85.6 cm³/mol. The Labute approximate surface area is 124 Å². The van der Waals surface area contributed by atoms with E-state index in [-0.39, 0.29) is 6.04 Å². The van der Waals surface area contributed by atoms with E-state index in [1.807, 2.05) is 0 Å². The van der Waals surface area contributed by atoms with E-state index in [1.165, 1.54) is 22.3 Å². The maximum Gasteiger partial charge on any atom is 0.0587 e. The van der Waals surface area contributed by atoms with Gasteiger partial charge in [0.1, 0.15) is 0 Å². The minimum atomic E-state index is 0.236. The summed E-state index contributed by atoms with van der Waals surface area (Å²) in [4.78, 5) is 0. The predicted octanol–water partition coefficient (Wildman–Crippen LogP) is 4.76. The van der Waals surface area contributed by atoms with Crippen LogP contribution in [0.15, 0.2) is 46.9 Å². The van der Waals surface area contributed by atoms with Gasteiger partial charge in [0.15, 0.2) is 0 Å². The maximum atomic E-state index is 3.67. The summed E-state index contributed by atoms with van der Waals surface area (Å²) < 4.78 is 1.16. The molecule has 2 aromatic rings. The zero-order chi connectivity index (χ0) is 13.8. The van der Waals surface area contributed by atoms with Crippen LogP contribution in [0.25, 0.3) is 0 Å². The third-order valence-corrected chi connectivity index (χ3v) is 4.00. The Hall–Kier alpha value is -1.12. The minimum absolute atomic E-state index is 0.236. The van der Waals surface area contributed by atoms with E-state index in [0.717, 1.165) is 11.0 Å². The van der Waals surface area contributed by atoms with E-state index in [1.54, 1.807) is 0 Å². The van der Waals surface area contributed by atoms with Crippen LogP contribution in [0.5, 0.6) is 0 Å². The molecule has 0 bridgehead atoms. The molecule has 0 radical (unpaired) electrons. The van der Waals surface area contributed by atoms with Crippen LogP contribution < -0.4 is 5.32 Å². The zero-order valence-electron chi connectivity index (χ0n) is 11.7. The molecule has 2 heteroatoms. The highest BCUT2D eigenvalue weighted by Crippen LogP contribution is 2.29. The molecular weight excluding hydrogens is 298 g/mol. The summed E-state index contributed by atoms with van der Waals surface area (Å²) in [6, 6.07) is 15.5. The zero-order valence-corrected chi connectivity index (χ0v) is 13.3. The normalized spacial score (nSPS) is 12.4. The van der Waals surface area contributed by atoms with E-state index in [0.29, 0.717) is 0 Å². The molecular formula is C17H20BrN. The van der Waals surface area contributed by atoms with Crippen LogP contribution >= 0.6 is 15.9 Å². The van der Waals surface area contributed by atoms with Crippen molar-refractivity contribution in [2.45, 2.75) is 26.8 Å². The van der Waals surface area contributed by atoms with Crippen molar-refractivity contribution < 1.29 is 0 Å². The standard InChI is InChI=1S/C17H20BrN/c1-4-19-17(14-8-5-12(2)6-9-14)15-11-13(3)7-10-16(15)18/h5-11,17,19H,4H2,1-3H3. The third kappa shape index (κ3) is 3.46. The average molecular weight is 318 g/mol. The lowest BCUT2D eigenvalue weighted by Gasteiger charge is -2.21. The Morgan fingerprint density at radius 2 is 1.63 bits per heavy atom. The number of halogens is 1. The Balaban J connectivity index is 2.44. The van der Waals surface area contributed by atoms with Crippen LogP contribution in [0.1, 0.15) is 35.2 Å².